The maximum atomic E-state index is 5.48. The Morgan fingerprint density at radius 1 is 1.26 bits per heavy atom. The highest BCUT2D eigenvalue weighted by molar-refractivity contribution is 9.10. The van der Waals surface area contributed by atoms with Gasteiger partial charge in [0.2, 0.25) is 5.95 Å². The van der Waals surface area contributed by atoms with E-state index in [4.69, 9.17) is 4.74 Å². The highest BCUT2D eigenvalue weighted by Crippen LogP contribution is 2.28. The molecular weight excluding hydrogens is 306 g/mol. The number of ether oxygens (including phenoxy) is 1. The number of hydrogen-bond donors (Lipinski definition) is 0. The van der Waals surface area contributed by atoms with E-state index in [-0.39, 0.29) is 0 Å². The highest BCUT2D eigenvalue weighted by atomic mass is 79.9. The molecule has 3 heterocycles. The summed E-state index contributed by atoms with van der Waals surface area (Å²) in [6.45, 7) is 4.10. The van der Waals surface area contributed by atoms with Gasteiger partial charge in [0.25, 0.3) is 0 Å². The Morgan fingerprint density at radius 2 is 2.11 bits per heavy atom. The molecule has 0 aromatic carbocycles. The van der Waals surface area contributed by atoms with Crippen LogP contribution in [-0.4, -0.2) is 36.3 Å². The van der Waals surface area contributed by atoms with Crippen molar-refractivity contribution in [2.24, 2.45) is 11.8 Å². The number of anilines is 1. The van der Waals surface area contributed by atoms with E-state index in [9.17, 15) is 0 Å². The monoisotopic (exact) mass is 325 g/mol. The van der Waals surface area contributed by atoms with Gasteiger partial charge in [0, 0.05) is 38.7 Å². The average Bonchev–Trinajstić information content (AvgIpc) is 2.93. The van der Waals surface area contributed by atoms with E-state index < -0.39 is 0 Å². The van der Waals surface area contributed by atoms with Crippen LogP contribution >= 0.6 is 15.9 Å². The van der Waals surface area contributed by atoms with Crippen LogP contribution < -0.4 is 4.90 Å². The van der Waals surface area contributed by atoms with Gasteiger partial charge in [-0.2, -0.15) is 0 Å². The zero-order valence-corrected chi connectivity index (χ0v) is 12.7. The molecule has 0 saturated carbocycles. The Bertz CT molecular complexity index is 406. The van der Waals surface area contributed by atoms with Gasteiger partial charge in [-0.25, -0.2) is 9.97 Å². The second-order valence-corrected chi connectivity index (χ2v) is 6.54. The van der Waals surface area contributed by atoms with Crippen LogP contribution in [0.4, 0.5) is 5.95 Å². The summed E-state index contributed by atoms with van der Waals surface area (Å²) in [5.74, 6) is 2.42. The van der Waals surface area contributed by atoms with Crippen LogP contribution in [-0.2, 0) is 4.74 Å². The summed E-state index contributed by atoms with van der Waals surface area (Å²) < 4.78 is 6.42. The summed E-state index contributed by atoms with van der Waals surface area (Å²) >= 11 is 3.38. The predicted molar refractivity (Wildman–Crippen MR) is 78.2 cm³/mol. The first-order chi connectivity index (χ1) is 9.31. The first-order valence-electron chi connectivity index (χ1n) is 7.11. The van der Waals surface area contributed by atoms with Crippen molar-refractivity contribution in [3.8, 4) is 0 Å². The summed E-state index contributed by atoms with van der Waals surface area (Å²) in [5, 5.41) is 0. The highest BCUT2D eigenvalue weighted by Gasteiger charge is 2.26. The van der Waals surface area contributed by atoms with Gasteiger partial charge < -0.3 is 9.64 Å². The summed E-state index contributed by atoms with van der Waals surface area (Å²) in [4.78, 5) is 11.2. The van der Waals surface area contributed by atoms with Crippen LogP contribution in [0, 0.1) is 11.8 Å². The van der Waals surface area contributed by atoms with Crippen molar-refractivity contribution in [3.63, 3.8) is 0 Å². The second-order valence-electron chi connectivity index (χ2n) is 5.62. The van der Waals surface area contributed by atoms with Crippen molar-refractivity contribution in [2.75, 3.05) is 31.2 Å². The average molecular weight is 326 g/mol. The minimum Gasteiger partial charge on any atom is -0.381 e. The molecule has 3 rings (SSSR count). The van der Waals surface area contributed by atoms with E-state index in [1.807, 2.05) is 12.4 Å². The maximum Gasteiger partial charge on any atom is 0.225 e. The molecule has 0 spiro atoms. The first-order valence-corrected chi connectivity index (χ1v) is 7.91. The van der Waals surface area contributed by atoms with E-state index >= 15 is 0 Å². The van der Waals surface area contributed by atoms with Crippen molar-refractivity contribution in [2.45, 2.75) is 25.7 Å². The molecule has 104 valence electrons. The van der Waals surface area contributed by atoms with Gasteiger partial charge in [-0.1, -0.05) is 0 Å². The predicted octanol–water partition coefficient (Wildman–Crippen LogP) is 2.88. The van der Waals surface area contributed by atoms with Gasteiger partial charge in [0.1, 0.15) is 0 Å². The fourth-order valence-electron chi connectivity index (χ4n) is 3.15. The summed E-state index contributed by atoms with van der Waals surface area (Å²) in [6, 6.07) is 0. The Balaban J connectivity index is 1.59. The number of nitrogens with zero attached hydrogens (tertiary/aromatic N) is 3. The zero-order valence-electron chi connectivity index (χ0n) is 11.1. The number of piperidine rings is 1. The third kappa shape index (κ3) is 3.45. The Hall–Kier alpha value is -0.680. The molecule has 0 aliphatic carbocycles. The second kappa shape index (κ2) is 6.18. The molecule has 0 bridgehead atoms. The van der Waals surface area contributed by atoms with Crippen LogP contribution in [0.2, 0.25) is 0 Å². The number of halogens is 1. The Labute approximate surface area is 122 Å². The molecule has 0 N–H and O–H groups in total. The molecule has 1 aromatic rings. The van der Waals surface area contributed by atoms with Gasteiger partial charge in [-0.05, 0) is 53.4 Å². The van der Waals surface area contributed by atoms with Crippen LogP contribution in [0.1, 0.15) is 25.7 Å². The van der Waals surface area contributed by atoms with Crippen molar-refractivity contribution in [3.05, 3.63) is 16.9 Å². The molecule has 2 saturated heterocycles. The fourth-order valence-corrected chi connectivity index (χ4v) is 3.35. The summed E-state index contributed by atoms with van der Waals surface area (Å²) in [5.41, 5.74) is 0. The molecule has 2 aliphatic heterocycles. The maximum absolute atomic E-state index is 5.48. The largest absolute Gasteiger partial charge is 0.381 e. The third-order valence-electron chi connectivity index (χ3n) is 4.10. The molecule has 5 heteroatoms. The quantitative estimate of drug-likeness (QED) is 0.856. The number of rotatable bonds is 3. The molecular formula is C14H20BrN3O. The van der Waals surface area contributed by atoms with E-state index in [0.29, 0.717) is 0 Å². The lowest BCUT2D eigenvalue weighted by molar-refractivity contribution is 0.178. The fraction of sp³-hybridized carbons (Fsp3) is 0.714. The summed E-state index contributed by atoms with van der Waals surface area (Å²) in [7, 11) is 0. The van der Waals surface area contributed by atoms with Crippen molar-refractivity contribution < 1.29 is 4.74 Å². The lowest BCUT2D eigenvalue weighted by Gasteiger charge is -2.33. The lowest BCUT2D eigenvalue weighted by Crippen LogP contribution is -2.37. The van der Waals surface area contributed by atoms with E-state index in [1.165, 1.54) is 25.7 Å². The Morgan fingerprint density at radius 3 is 2.84 bits per heavy atom. The standard InChI is InChI=1S/C14H20BrN3O/c15-13-7-16-14(17-8-13)18-4-1-2-11(9-18)6-12-3-5-19-10-12/h7-8,11-12H,1-6,9-10H2. The number of hydrogen-bond acceptors (Lipinski definition) is 4. The van der Waals surface area contributed by atoms with Crippen LogP contribution in [0.5, 0.6) is 0 Å². The molecule has 2 aliphatic rings. The summed E-state index contributed by atoms with van der Waals surface area (Å²) in [6.07, 6.45) is 8.78. The van der Waals surface area contributed by atoms with E-state index in [1.54, 1.807) is 0 Å². The molecule has 2 atom stereocenters. The minimum absolute atomic E-state index is 0.771. The van der Waals surface area contributed by atoms with E-state index in [0.717, 1.165) is 48.6 Å². The Kier molecular flexibility index (Phi) is 4.33. The normalized spacial score (nSPS) is 27.7. The smallest absolute Gasteiger partial charge is 0.225 e. The van der Waals surface area contributed by atoms with Crippen molar-refractivity contribution in [1.29, 1.82) is 0 Å². The molecule has 2 fully saturated rings. The first kappa shape index (κ1) is 13.3. The van der Waals surface area contributed by atoms with Crippen molar-refractivity contribution >= 4 is 21.9 Å². The van der Waals surface area contributed by atoms with Gasteiger partial charge in [0.05, 0.1) is 4.47 Å². The van der Waals surface area contributed by atoms with Crippen LogP contribution in [0.25, 0.3) is 0 Å². The molecule has 19 heavy (non-hydrogen) atoms. The van der Waals surface area contributed by atoms with Crippen LogP contribution in [0.15, 0.2) is 16.9 Å². The molecule has 0 radical (unpaired) electrons. The molecule has 0 amide bonds. The van der Waals surface area contributed by atoms with Gasteiger partial charge in [0.15, 0.2) is 0 Å². The van der Waals surface area contributed by atoms with Crippen LogP contribution in [0.3, 0.4) is 0 Å². The van der Waals surface area contributed by atoms with Gasteiger partial charge >= 0.3 is 0 Å². The number of aromatic nitrogens is 2. The van der Waals surface area contributed by atoms with E-state index in [2.05, 4.69) is 30.8 Å². The topological polar surface area (TPSA) is 38.2 Å². The lowest BCUT2D eigenvalue weighted by atomic mass is 9.88. The molecule has 4 nitrogen and oxygen atoms in total. The van der Waals surface area contributed by atoms with Crippen molar-refractivity contribution in [1.82, 2.24) is 9.97 Å². The van der Waals surface area contributed by atoms with Gasteiger partial charge in [-0.15, -0.1) is 0 Å². The minimum atomic E-state index is 0.771. The SMILES string of the molecule is Brc1cnc(N2CCCC(CC3CCOC3)C2)nc1. The van der Waals surface area contributed by atoms with Gasteiger partial charge in [-0.3, -0.25) is 0 Å². The third-order valence-corrected chi connectivity index (χ3v) is 4.51. The molecule has 1 aromatic heterocycles. The zero-order chi connectivity index (χ0) is 13.1. The molecule has 2 unspecified atom stereocenters.